The highest BCUT2D eigenvalue weighted by Crippen LogP contribution is 2.18. The zero-order valence-electron chi connectivity index (χ0n) is 10.9. The first-order chi connectivity index (χ1) is 7.27. The van der Waals surface area contributed by atoms with E-state index in [1.165, 1.54) is 32.5 Å². The molecule has 0 radical (unpaired) electrons. The summed E-state index contributed by atoms with van der Waals surface area (Å²) in [5, 5.41) is 3.44. The molecule has 0 aliphatic carbocycles. The van der Waals surface area contributed by atoms with Gasteiger partial charge in [0.1, 0.15) is 0 Å². The molecule has 4 heteroatoms. The number of nitrogens with zero attached hydrogens (tertiary/aromatic N) is 1. The van der Waals surface area contributed by atoms with Gasteiger partial charge in [-0.15, -0.1) is 12.4 Å². The molecular formula is C12H27ClN2O. The van der Waals surface area contributed by atoms with E-state index in [2.05, 4.69) is 24.1 Å². The van der Waals surface area contributed by atoms with Gasteiger partial charge in [-0.05, 0) is 51.9 Å². The van der Waals surface area contributed by atoms with Gasteiger partial charge >= 0.3 is 0 Å². The summed E-state index contributed by atoms with van der Waals surface area (Å²) >= 11 is 0. The quantitative estimate of drug-likeness (QED) is 0.778. The lowest BCUT2D eigenvalue weighted by atomic mass is 9.96. The number of methoxy groups -OCH3 is 1. The SMILES string of the molecule is CCNCC1CCN(C(C)COC)CC1.Cl. The molecule has 1 unspecified atom stereocenters. The zero-order chi connectivity index (χ0) is 11.1. The summed E-state index contributed by atoms with van der Waals surface area (Å²) < 4.78 is 5.19. The van der Waals surface area contributed by atoms with Crippen molar-refractivity contribution in [3.05, 3.63) is 0 Å². The lowest BCUT2D eigenvalue weighted by Gasteiger charge is -2.35. The molecular weight excluding hydrogens is 224 g/mol. The van der Waals surface area contributed by atoms with Crippen molar-refractivity contribution in [3.8, 4) is 0 Å². The molecule has 0 bridgehead atoms. The number of nitrogens with one attached hydrogen (secondary N) is 1. The molecule has 16 heavy (non-hydrogen) atoms. The van der Waals surface area contributed by atoms with Gasteiger partial charge in [-0.3, -0.25) is 4.90 Å². The second-order valence-corrected chi connectivity index (χ2v) is 4.59. The molecule has 1 aliphatic rings. The molecule has 0 saturated carbocycles. The van der Waals surface area contributed by atoms with Crippen LogP contribution in [0.3, 0.4) is 0 Å². The third-order valence-electron chi connectivity index (χ3n) is 3.36. The molecule has 98 valence electrons. The largest absolute Gasteiger partial charge is 0.383 e. The van der Waals surface area contributed by atoms with Crippen LogP contribution in [0.4, 0.5) is 0 Å². The van der Waals surface area contributed by atoms with Crippen LogP contribution in [0.1, 0.15) is 26.7 Å². The van der Waals surface area contributed by atoms with E-state index in [4.69, 9.17) is 4.74 Å². The van der Waals surface area contributed by atoms with E-state index in [0.717, 1.165) is 19.1 Å². The average Bonchev–Trinajstić information content (AvgIpc) is 2.27. The van der Waals surface area contributed by atoms with Gasteiger partial charge in [-0.25, -0.2) is 0 Å². The van der Waals surface area contributed by atoms with Crippen molar-refractivity contribution in [2.24, 2.45) is 5.92 Å². The molecule has 0 aromatic carbocycles. The van der Waals surface area contributed by atoms with Gasteiger partial charge in [0.2, 0.25) is 0 Å². The number of likely N-dealkylation sites (tertiary alicyclic amines) is 1. The molecule has 0 aromatic rings. The van der Waals surface area contributed by atoms with Crippen LogP contribution >= 0.6 is 12.4 Å². The molecule has 1 saturated heterocycles. The minimum Gasteiger partial charge on any atom is -0.383 e. The number of halogens is 1. The average molecular weight is 251 g/mol. The fourth-order valence-corrected chi connectivity index (χ4v) is 2.29. The zero-order valence-corrected chi connectivity index (χ0v) is 11.7. The van der Waals surface area contributed by atoms with E-state index >= 15 is 0 Å². The van der Waals surface area contributed by atoms with Crippen LogP contribution in [-0.2, 0) is 4.74 Å². The van der Waals surface area contributed by atoms with Crippen molar-refractivity contribution < 1.29 is 4.74 Å². The molecule has 0 spiro atoms. The highest BCUT2D eigenvalue weighted by molar-refractivity contribution is 5.85. The Morgan fingerprint density at radius 1 is 1.38 bits per heavy atom. The Balaban J connectivity index is 0.00000225. The monoisotopic (exact) mass is 250 g/mol. The topological polar surface area (TPSA) is 24.5 Å². The highest BCUT2D eigenvalue weighted by atomic mass is 35.5. The highest BCUT2D eigenvalue weighted by Gasteiger charge is 2.21. The van der Waals surface area contributed by atoms with Gasteiger partial charge in [0.25, 0.3) is 0 Å². The first-order valence-corrected chi connectivity index (χ1v) is 6.21. The van der Waals surface area contributed by atoms with Crippen LogP contribution in [0.2, 0.25) is 0 Å². The predicted molar refractivity (Wildman–Crippen MR) is 71.4 cm³/mol. The molecule has 1 fully saturated rings. The normalized spacial score (nSPS) is 20.4. The summed E-state index contributed by atoms with van der Waals surface area (Å²) in [6.07, 6.45) is 2.67. The number of rotatable bonds is 6. The molecule has 1 atom stereocenters. The van der Waals surface area contributed by atoms with Gasteiger partial charge in [0, 0.05) is 13.2 Å². The second kappa shape index (κ2) is 9.23. The van der Waals surface area contributed by atoms with Crippen molar-refractivity contribution in [1.29, 1.82) is 0 Å². The predicted octanol–water partition coefficient (Wildman–Crippen LogP) is 1.76. The Bertz CT molecular complexity index is 161. The Labute approximate surface area is 106 Å². The fourth-order valence-electron chi connectivity index (χ4n) is 2.29. The first-order valence-electron chi connectivity index (χ1n) is 6.21. The van der Waals surface area contributed by atoms with Gasteiger partial charge < -0.3 is 10.1 Å². The van der Waals surface area contributed by atoms with Gasteiger partial charge in [0.15, 0.2) is 0 Å². The van der Waals surface area contributed by atoms with Crippen LogP contribution in [0.25, 0.3) is 0 Å². The smallest absolute Gasteiger partial charge is 0.0615 e. The lowest BCUT2D eigenvalue weighted by Crippen LogP contribution is -2.43. The summed E-state index contributed by atoms with van der Waals surface area (Å²) in [6, 6.07) is 0.579. The Hall–Kier alpha value is 0.170. The van der Waals surface area contributed by atoms with E-state index in [1.807, 2.05) is 0 Å². The fraction of sp³-hybridized carbons (Fsp3) is 1.00. The van der Waals surface area contributed by atoms with E-state index in [0.29, 0.717) is 6.04 Å². The molecule has 0 aromatic heterocycles. The van der Waals surface area contributed by atoms with Crippen molar-refractivity contribution in [2.45, 2.75) is 32.7 Å². The number of ether oxygens (including phenoxy) is 1. The number of hydrogen-bond donors (Lipinski definition) is 1. The Morgan fingerprint density at radius 3 is 2.50 bits per heavy atom. The van der Waals surface area contributed by atoms with Crippen molar-refractivity contribution >= 4 is 12.4 Å². The van der Waals surface area contributed by atoms with Crippen molar-refractivity contribution in [3.63, 3.8) is 0 Å². The maximum absolute atomic E-state index is 5.19. The van der Waals surface area contributed by atoms with Gasteiger partial charge in [-0.1, -0.05) is 6.92 Å². The number of piperidine rings is 1. The van der Waals surface area contributed by atoms with Gasteiger partial charge in [0.05, 0.1) is 6.61 Å². The van der Waals surface area contributed by atoms with Gasteiger partial charge in [-0.2, -0.15) is 0 Å². The Kier molecular flexibility index (Phi) is 9.32. The third kappa shape index (κ3) is 5.48. The summed E-state index contributed by atoms with van der Waals surface area (Å²) in [6.45, 7) is 10.1. The standard InChI is InChI=1S/C12H26N2O.ClH/c1-4-13-9-12-5-7-14(8-6-12)11(2)10-15-3;/h11-13H,4-10H2,1-3H3;1H. The van der Waals surface area contributed by atoms with Crippen LogP contribution < -0.4 is 5.32 Å². The van der Waals surface area contributed by atoms with E-state index in [-0.39, 0.29) is 12.4 Å². The van der Waals surface area contributed by atoms with E-state index < -0.39 is 0 Å². The van der Waals surface area contributed by atoms with Crippen LogP contribution in [0.5, 0.6) is 0 Å². The maximum Gasteiger partial charge on any atom is 0.0615 e. The van der Waals surface area contributed by atoms with E-state index in [1.54, 1.807) is 7.11 Å². The number of hydrogen-bond acceptors (Lipinski definition) is 3. The van der Waals surface area contributed by atoms with E-state index in [9.17, 15) is 0 Å². The van der Waals surface area contributed by atoms with Crippen LogP contribution in [-0.4, -0.2) is 50.8 Å². The first kappa shape index (κ1) is 16.2. The molecule has 1 aliphatic heterocycles. The van der Waals surface area contributed by atoms with Crippen molar-refractivity contribution in [1.82, 2.24) is 10.2 Å². The summed E-state index contributed by atoms with van der Waals surface area (Å²) in [4.78, 5) is 2.55. The maximum atomic E-state index is 5.19. The minimum atomic E-state index is 0. The van der Waals surface area contributed by atoms with Crippen LogP contribution in [0, 0.1) is 5.92 Å². The Morgan fingerprint density at radius 2 is 2.00 bits per heavy atom. The molecule has 1 rings (SSSR count). The summed E-state index contributed by atoms with van der Waals surface area (Å²) in [5.74, 6) is 0.885. The van der Waals surface area contributed by atoms with Crippen LogP contribution in [0.15, 0.2) is 0 Å². The molecule has 1 N–H and O–H groups in total. The summed E-state index contributed by atoms with van der Waals surface area (Å²) in [5.41, 5.74) is 0. The molecule has 0 amide bonds. The minimum absolute atomic E-state index is 0. The second-order valence-electron chi connectivity index (χ2n) is 4.59. The third-order valence-corrected chi connectivity index (χ3v) is 3.36. The summed E-state index contributed by atoms with van der Waals surface area (Å²) in [7, 11) is 1.79. The van der Waals surface area contributed by atoms with Crippen molar-refractivity contribution in [2.75, 3.05) is 39.9 Å². The lowest BCUT2D eigenvalue weighted by molar-refractivity contribution is 0.0736. The molecule has 3 nitrogen and oxygen atoms in total. The molecule has 1 heterocycles.